The van der Waals surface area contributed by atoms with Crippen molar-refractivity contribution in [1.82, 2.24) is 15.2 Å². The number of nitrogens with one attached hydrogen (secondary N) is 1. The third-order valence-electron chi connectivity index (χ3n) is 4.12. The first-order chi connectivity index (χ1) is 11.2. The number of amides is 1. The Balaban J connectivity index is 1.48. The summed E-state index contributed by atoms with van der Waals surface area (Å²) in [5.74, 6) is -0.0457. The average Bonchev–Trinajstić information content (AvgIpc) is 2.57. The fraction of sp³-hybridized carbons (Fsp3) is 0.333. The Morgan fingerprint density at radius 1 is 1.22 bits per heavy atom. The van der Waals surface area contributed by atoms with Crippen molar-refractivity contribution in [3.8, 4) is 0 Å². The van der Waals surface area contributed by atoms with Gasteiger partial charge in [-0.25, -0.2) is 0 Å². The fourth-order valence-electron chi connectivity index (χ4n) is 2.85. The highest BCUT2D eigenvalue weighted by Gasteiger charge is 2.21. The van der Waals surface area contributed by atoms with Crippen molar-refractivity contribution in [2.75, 3.05) is 13.1 Å². The van der Waals surface area contributed by atoms with E-state index in [2.05, 4.69) is 15.2 Å². The number of aromatic nitrogens is 1. The molecule has 2 aromatic rings. The van der Waals surface area contributed by atoms with Crippen LogP contribution in [0.1, 0.15) is 28.9 Å². The fourth-order valence-corrected chi connectivity index (χ4v) is 3.04. The first kappa shape index (κ1) is 16.0. The van der Waals surface area contributed by atoms with Crippen molar-refractivity contribution in [2.45, 2.75) is 25.4 Å². The number of benzene rings is 1. The maximum Gasteiger partial charge on any atom is 0.251 e. The van der Waals surface area contributed by atoms with Crippen LogP contribution in [0.3, 0.4) is 0 Å². The van der Waals surface area contributed by atoms with E-state index in [1.807, 2.05) is 24.4 Å². The van der Waals surface area contributed by atoms with Crippen molar-refractivity contribution < 1.29 is 4.79 Å². The second-order valence-corrected chi connectivity index (χ2v) is 6.29. The molecule has 1 saturated heterocycles. The van der Waals surface area contributed by atoms with E-state index in [4.69, 9.17) is 11.6 Å². The van der Waals surface area contributed by atoms with Gasteiger partial charge in [0.1, 0.15) is 0 Å². The summed E-state index contributed by atoms with van der Waals surface area (Å²) in [6.07, 6.45) is 3.74. The molecule has 120 valence electrons. The molecule has 4 nitrogen and oxygen atoms in total. The molecule has 1 fully saturated rings. The Bertz CT molecular complexity index is 654. The molecule has 0 radical (unpaired) electrons. The van der Waals surface area contributed by atoms with E-state index >= 15 is 0 Å². The summed E-state index contributed by atoms with van der Waals surface area (Å²) in [5.41, 5.74) is 1.71. The Morgan fingerprint density at radius 2 is 2.04 bits per heavy atom. The van der Waals surface area contributed by atoms with E-state index in [-0.39, 0.29) is 11.9 Å². The van der Waals surface area contributed by atoms with Crippen LogP contribution in [0.15, 0.2) is 48.7 Å². The van der Waals surface area contributed by atoms with Crippen LogP contribution in [0, 0.1) is 0 Å². The molecule has 23 heavy (non-hydrogen) atoms. The average molecular weight is 330 g/mol. The van der Waals surface area contributed by atoms with Crippen LogP contribution < -0.4 is 5.32 Å². The van der Waals surface area contributed by atoms with E-state index in [1.165, 1.54) is 0 Å². The second kappa shape index (κ2) is 7.57. The third-order valence-corrected chi connectivity index (χ3v) is 4.36. The third kappa shape index (κ3) is 4.53. The highest BCUT2D eigenvalue weighted by Crippen LogP contribution is 2.15. The number of rotatable bonds is 4. The molecule has 0 spiro atoms. The molecule has 1 aliphatic heterocycles. The minimum Gasteiger partial charge on any atom is -0.349 e. The Morgan fingerprint density at radius 3 is 2.74 bits per heavy atom. The quantitative estimate of drug-likeness (QED) is 0.937. The molecule has 0 atom stereocenters. The predicted octanol–water partition coefficient (Wildman–Crippen LogP) is 3.13. The summed E-state index contributed by atoms with van der Waals surface area (Å²) < 4.78 is 0. The van der Waals surface area contributed by atoms with Gasteiger partial charge in [-0.2, -0.15) is 0 Å². The predicted molar refractivity (Wildman–Crippen MR) is 91.5 cm³/mol. The number of pyridine rings is 1. The van der Waals surface area contributed by atoms with Crippen molar-refractivity contribution in [3.63, 3.8) is 0 Å². The van der Waals surface area contributed by atoms with Crippen LogP contribution in [-0.2, 0) is 6.54 Å². The van der Waals surface area contributed by atoms with Gasteiger partial charge in [0, 0.05) is 42.5 Å². The van der Waals surface area contributed by atoms with Crippen molar-refractivity contribution in [2.24, 2.45) is 0 Å². The zero-order valence-electron chi connectivity index (χ0n) is 12.9. The van der Waals surface area contributed by atoms with Crippen LogP contribution in [-0.4, -0.2) is 34.9 Å². The molecule has 3 rings (SSSR count). The second-order valence-electron chi connectivity index (χ2n) is 5.86. The van der Waals surface area contributed by atoms with E-state index in [1.54, 1.807) is 24.3 Å². The van der Waals surface area contributed by atoms with Gasteiger partial charge in [0.2, 0.25) is 0 Å². The van der Waals surface area contributed by atoms with Gasteiger partial charge in [-0.1, -0.05) is 23.7 Å². The normalized spacial score (nSPS) is 16.2. The molecule has 0 unspecified atom stereocenters. The maximum absolute atomic E-state index is 12.2. The first-order valence-electron chi connectivity index (χ1n) is 7.89. The SMILES string of the molecule is O=C(NC1CCN(Cc2ccccn2)CC1)c1cccc(Cl)c1. The van der Waals surface area contributed by atoms with Gasteiger partial charge in [-0.05, 0) is 43.2 Å². The highest BCUT2D eigenvalue weighted by molar-refractivity contribution is 6.30. The summed E-state index contributed by atoms with van der Waals surface area (Å²) in [4.78, 5) is 19.0. The molecule has 1 aliphatic rings. The van der Waals surface area contributed by atoms with Crippen molar-refractivity contribution in [3.05, 3.63) is 64.9 Å². The molecule has 1 aromatic carbocycles. The lowest BCUT2D eigenvalue weighted by Crippen LogP contribution is -2.44. The highest BCUT2D eigenvalue weighted by atomic mass is 35.5. The van der Waals surface area contributed by atoms with Gasteiger partial charge in [0.05, 0.1) is 5.69 Å². The maximum atomic E-state index is 12.2. The molecule has 1 N–H and O–H groups in total. The summed E-state index contributed by atoms with van der Waals surface area (Å²) in [6, 6.07) is 13.3. The Labute approximate surface area is 141 Å². The van der Waals surface area contributed by atoms with Gasteiger partial charge in [0.15, 0.2) is 0 Å². The number of hydrogen-bond acceptors (Lipinski definition) is 3. The van der Waals surface area contributed by atoms with Crippen molar-refractivity contribution in [1.29, 1.82) is 0 Å². The topological polar surface area (TPSA) is 45.2 Å². The molecule has 5 heteroatoms. The van der Waals surface area contributed by atoms with Crippen LogP contribution in [0.5, 0.6) is 0 Å². The smallest absolute Gasteiger partial charge is 0.251 e. The van der Waals surface area contributed by atoms with Crippen LogP contribution in [0.25, 0.3) is 0 Å². The zero-order chi connectivity index (χ0) is 16.1. The standard InChI is InChI=1S/C18H20ClN3O/c19-15-5-3-4-14(12-15)18(23)21-16-7-10-22(11-8-16)13-17-6-1-2-9-20-17/h1-6,9,12,16H,7-8,10-11,13H2,(H,21,23). The number of likely N-dealkylation sites (tertiary alicyclic amines) is 1. The van der Waals surface area contributed by atoms with Crippen LogP contribution >= 0.6 is 11.6 Å². The number of carbonyl (C=O) groups is 1. The number of hydrogen-bond donors (Lipinski definition) is 1. The van der Waals surface area contributed by atoms with Gasteiger partial charge < -0.3 is 5.32 Å². The molecule has 0 saturated carbocycles. The zero-order valence-corrected chi connectivity index (χ0v) is 13.7. The van der Waals surface area contributed by atoms with Crippen LogP contribution in [0.4, 0.5) is 0 Å². The molecule has 1 aromatic heterocycles. The van der Waals surface area contributed by atoms with E-state index in [9.17, 15) is 4.79 Å². The summed E-state index contributed by atoms with van der Waals surface area (Å²) in [7, 11) is 0. The Hall–Kier alpha value is -1.91. The van der Waals surface area contributed by atoms with Gasteiger partial charge >= 0.3 is 0 Å². The number of carbonyl (C=O) groups excluding carboxylic acids is 1. The number of halogens is 1. The first-order valence-corrected chi connectivity index (χ1v) is 8.27. The lowest BCUT2D eigenvalue weighted by Gasteiger charge is -2.32. The Kier molecular flexibility index (Phi) is 5.26. The van der Waals surface area contributed by atoms with E-state index < -0.39 is 0 Å². The minimum atomic E-state index is -0.0457. The van der Waals surface area contributed by atoms with E-state index in [0.717, 1.165) is 38.2 Å². The minimum absolute atomic E-state index is 0.0457. The monoisotopic (exact) mass is 329 g/mol. The largest absolute Gasteiger partial charge is 0.349 e. The lowest BCUT2D eigenvalue weighted by molar-refractivity contribution is 0.0908. The summed E-state index contributed by atoms with van der Waals surface area (Å²) >= 11 is 5.94. The summed E-state index contributed by atoms with van der Waals surface area (Å²) in [5, 5.41) is 3.69. The molecule has 2 heterocycles. The number of piperidine rings is 1. The van der Waals surface area contributed by atoms with Gasteiger partial charge in [-0.15, -0.1) is 0 Å². The summed E-state index contributed by atoms with van der Waals surface area (Å²) in [6.45, 7) is 2.81. The molecule has 0 bridgehead atoms. The number of nitrogens with zero attached hydrogens (tertiary/aromatic N) is 2. The van der Waals surface area contributed by atoms with Crippen LogP contribution in [0.2, 0.25) is 5.02 Å². The molecule has 0 aliphatic carbocycles. The van der Waals surface area contributed by atoms with Gasteiger partial charge in [0.25, 0.3) is 5.91 Å². The molecular formula is C18H20ClN3O. The van der Waals surface area contributed by atoms with Crippen molar-refractivity contribution >= 4 is 17.5 Å². The van der Waals surface area contributed by atoms with E-state index in [0.29, 0.717) is 10.6 Å². The molecular weight excluding hydrogens is 310 g/mol. The van der Waals surface area contributed by atoms with Gasteiger partial charge in [-0.3, -0.25) is 14.7 Å². The molecule has 1 amide bonds. The lowest BCUT2D eigenvalue weighted by atomic mass is 10.0.